The van der Waals surface area contributed by atoms with Gasteiger partial charge in [-0.15, -0.1) is 11.3 Å². The first-order valence-electron chi connectivity index (χ1n) is 6.27. The summed E-state index contributed by atoms with van der Waals surface area (Å²) in [4.78, 5) is 17.6. The van der Waals surface area contributed by atoms with E-state index in [1.807, 2.05) is 15.7 Å². The highest BCUT2D eigenvalue weighted by Crippen LogP contribution is 2.41. The summed E-state index contributed by atoms with van der Waals surface area (Å²) >= 11 is 1.28. The summed E-state index contributed by atoms with van der Waals surface area (Å²) < 4.78 is 2.05. The highest BCUT2D eigenvalue weighted by atomic mass is 32.1. The summed E-state index contributed by atoms with van der Waals surface area (Å²) in [5.74, 6) is 0.901. The summed E-state index contributed by atoms with van der Waals surface area (Å²) in [6, 6.07) is 1.46. The second-order valence-electron chi connectivity index (χ2n) is 4.73. The number of nitro groups is 1. The Hall–Kier alpha value is -1.93. The van der Waals surface area contributed by atoms with Crippen LogP contribution in [0.25, 0.3) is 0 Å². The number of rotatable bonds is 3. The molecule has 0 bridgehead atoms. The van der Waals surface area contributed by atoms with Gasteiger partial charge in [0.2, 0.25) is 0 Å². The topological polar surface area (TPSA) is 84.4 Å². The van der Waals surface area contributed by atoms with Crippen LogP contribution in [0.2, 0.25) is 0 Å². The van der Waals surface area contributed by atoms with Crippen LogP contribution in [0.3, 0.4) is 0 Å². The predicted molar refractivity (Wildman–Crippen MR) is 74.9 cm³/mol. The van der Waals surface area contributed by atoms with Gasteiger partial charge in [-0.1, -0.05) is 0 Å². The molecule has 0 spiro atoms. The third-order valence-electron chi connectivity index (χ3n) is 3.35. The molecule has 3 rings (SSSR count). The second kappa shape index (κ2) is 4.88. The van der Waals surface area contributed by atoms with Gasteiger partial charge in [-0.3, -0.25) is 10.1 Å². The zero-order valence-electron chi connectivity index (χ0n) is 10.9. The molecule has 0 saturated carbocycles. The van der Waals surface area contributed by atoms with Gasteiger partial charge in [0.1, 0.15) is 5.82 Å². The van der Waals surface area contributed by atoms with Crippen molar-refractivity contribution in [1.29, 1.82) is 0 Å². The van der Waals surface area contributed by atoms with Crippen LogP contribution in [0.15, 0.2) is 18.5 Å². The van der Waals surface area contributed by atoms with E-state index in [9.17, 15) is 15.2 Å². The van der Waals surface area contributed by atoms with E-state index in [4.69, 9.17) is 0 Å². The smallest absolute Gasteiger partial charge is 0.304 e. The summed E-state index contributed by atoms with van der Waals surface area (Å²) in [6.07, 6.45) is 2.96. The molecule has 0 unspecified atom stereocenters. The van der Waals surface area contributed by atoms with Crippen molar-refractivity contribution >= 4 is 22.0 Å². The Bertz CT molecular complexity index is 649. The van der Waals surface area contributed by atoms with Crippen molar-refractivity contribution in [3.05, 3.63) is 39.3 Å². The number of anilines is 1. The second-order valence-corrected chi connectivity index (χ2v) is 5.79. The van der Waals surface area contributed by atoms with E-state index in [-0.39, 0.29) is 5.69 Å². The third kappa shape index (κ3) is 2.16. The van der Waals surface area contributed by atoms with Crippen LogP contribution >= 0.6 is 11.3 Å². The molecule has 1 N–H and O–H groups in total. The SMILES string of the molecule is C[C@H](O)c1cc([N+](=O)[O-])c(N2CCn3ccnc3C2)s1. The fourth-order valence-corrected chi connectivity index (χ4v) is 3.39. The Balaban J connectivity index is 1.96. The van der Waals surface area contributed by atoms with Gasteiger partial charge < -0.3 is 14.6 Å². The summed E-state index contributed by atoms with van der Waals surface area (Å²) in [5.41, 5.74) is 0.0610. The average Bonchev–Trinajstić information content (AvgIpc) is 3.04. The van der Waals surface area contributed by atoms with Crippen LogP contribution in [0.5, 0.6) is 0 Å². The fraction of sp³-hybridized carbons (Fsp3) is 0.417. The number of aliphatic hydroxyl groups excluding tert-OH is 1. The van der Waals surface area contributed by atoms with Gasteiger partial charge in [-0.2, -0.15) is 0 Å². The third-order valence-corrected chi connectivity index (χ3v) is 4.71. The number of nitrogens with zero attached hydrogens (tertiary/aromatic N) is 4. The van der Waals surface area contributed by atoms with Gasteiger partial charge in [0.25, 0.3) is 0 Å². The van der Waals surface area contributed by atoms with Crippen LogP contribution < -0.4 is 4.90 Å². The van der Waals surface area contributed by atoms with E-state index in [2.05, 4.69) is 4.98 Å². The van der Waals surface area contributed by atoms with E-state index in [0.29, 0.717) is 23.0 Å². The minimum absolute atomic E-state index is 0.0610. The van der Waals surface area contributed by atoms with Crippen molar-refractivity contribution in [2.45, 2.75) is 26.1 Å². The average molecular weight is 294 g/mol. The summed E-state index contributed by atoms with van der Waals surface area (Å²) in [7, 11) is 0. The molecule has 106 valence electrons. The van der Waals surface area contributed by atoms with Gasteiger partial charge in [-0.25, -0.2) is 4.98 Å². The maximum atomic E-state index is 11.2. The number of hydrogen-bond acceptors (Lipinski definition) is 6. The molecule has 2 aromatic rings. The lowest BCUT2D eigenvalue weighted by Gasteiger charge is -2.27. The maximum Gasteiger partial charge on any atom is 0.304 e. The summed E-state index contributed by atoms with van der Waals surface area (Å²) in [5, 5.41) is 21.4. The Morgan fingerprint density at radius 2 is 2.35 bits per heavy atom. The Labute approximate surface area is 119 Å². The Morgan fingerprint density at radius 3 is 3.05 bits per heavy atom. The first-order chi connectivity index (χ1) is 9.56. The number of aromatic nitrogens is 2. The molecule has 0 aliphatic carbocycles. The van der Waals surface area contributed by atoms with E-state index >= 15 is 0 Å². The van der Waals surface area contributed by atoms with E-state index in [0.717, 1.165) is 12.4 Å². The van der Waals surface area contributed by atoms with Gasteiger partial charge in [-0.05, 0) is 6.92 Å². The fourth-order valence-electron chi connectivity index (χ4n) is 2.30. The minimum Gasteiger partial charge on any atom is -0.388 e. The van der Waals surface area contributed by atoms with Crippen molar-refractivity contribution in [2.24, 2.45) is 0 Å². The molecule has 0 saturated heterocycles. The highest BCUT2D eigenvalue weighted by molar-refractivity contribution is 7.16. The van der Waals surface area contributed by atoms with Crippen molar-refractivity contribution < 1.29 is 10.0 Å². The first kappa shape index (κ1) is 13.1. The largest absolute Gasteiger partial charge is 0.388 e. The van der Waals surface area contributed by atoms with Crippen molar-refractivity contribution in [2.75, 3.05) is 11.4 Å². The predicted octanol–water partition coefficient (Wildman–Crippen LogP) is 1.93. The van der Waals surface area contributed by atoms with Crippen molar-refractivity contribution in [1.82, 2.24) is 9.55 Å². The van der Waals surface area contributed by atoms with Crippen LogP contribution in [-0.4, -0.2) is 26.1 Å². The molecule has 20 heavy (non-hydrogen) atoms. The molecule has 1 atom stereocenters. The Kier molecular flexibility index (Phi) is 3.19. The molecular formula is C12H14N4O3S. The normalized spacial score (nSPS) is 16.0. The zero-order chi connectivity index (χ0) is 14.3. The highest BCUT2D eigenvalue weighted by Gasteiger charge is 2.28. The molecular weight excluding hydrogens is 280 g/mol. The minimum atomic E-state index is -0.695. The van der Waals surface area contributed by atoms with Crippen LogP contribution in [0.4, 0.5) is 10.7 Å². The van der Waals surface area contributed by atoms with E-state index in [1.165, 1.54) is 17.4 Å². The monoisotopic (exact) mass is 294 g/mol. The molecule has 7 nitrogen and oxygen atoms in total. The van der Waals surface area contributed by atoms with E-state index < -0.39 is 11.0 Å². The zero-order valence-corrected chi connectivity index (χ0v) is 11.7. The van der Waals surface area contributed by atoms with Gasteiger partial charge in [0, 0.05) is 36.4 Å². The van der Waals surface area contributed by atoms with Gasteiger partial charge >= 0.3 is 5.69 Å². The van der Waals surface area contributed by atoms with E-state index in [1.54, 1.807) is 13.1 Å². The van der Waals surface area contributed by atoms with Crippen molar-refractivity contribution in [3.8, 4) is 0 Å². The van der Waals surface area contributed by atoms with Gasteiger partial charge in [0.05, 0.1) is 17.6 Å². The molecule has 3 heterocycles. The number of aliphatic hydroxyl groups is 1. The molecule has 0 amide bonds. The molecule has 8 heteroatoms. The van der Waals surface area contributed by atoms with Crippen LogP contribution in [0, 0.1) is 10.1 Å². The van der Waals surface area contributed by atoms with Gasteiger partial charge in [0.15, 0.2) is 5.00 Å². The molecule has 2 aromatic heterocycles. The molecule has 1 aliphatic rings. The number of imidazole rings is 1. The Morgan fingerprint density at radius 1 is 1.55 bits per heavy atom. The molecule has 1 aliphatic heterocycles. The lowest BCUT2D eigenvalue weighted by Crippen LogP contribution is -2.33. The van der Waals surface area contributed by atoms with Crippen molar-refractivity contribution in [3.63, 3.8) is 0 Å². The molecule has 0 aromatic carbocycles. The van der Waals surface area contributed by atoms with Crippen LogP contribution in [0.1, 0.15) is 23.7 Å². The molecule has 0 fully saturated rings. The quantitative estimate of drug-likeness (QED) is 0.690. The molecule has 0 radical (unpaired) electrons. The maximum absolute atomic E-state index is 11.2. The number of fused-ring (bicyclic) bond motifs is 1. The lowest BCUT2D eigenvalue weighted by molar-refractivity contribution is -0.383. The number of thiophene rings is 1. The standard InChI is InChI=1S/C12H14N4O3S/c1-8(17)10-6-9(16(18)19)12(20-10)15-5-4-14-3-2-13-11(14)7-15/h2-3,6,8,17H,4-5,7H2,1H3/t8-/m0/s1. The lowest BCUT2D eigenvalue weighted by atomic mass is 10.3. The first-order valence-corrected chi connectivity index (χ1v) is 7.09. The van der Waals surface area contributed by atoms with Crippen LogP contribution in [-0.2, 0) is 13.1 Å². The number of hydrogen-bond donors (Lipinski definition) is 1. The summed E-state index contributed by atoms with van der Waals surface area (Å²) in [6.45, 7) is 3.62.